The highest BCUT2D eigenvalue weighted by Gasteiger charge is 2.26. The van der Waals surface area contributed by atoms with E-state index >= 15 is 0 Å². The summed E-state index contributed by atoms with van der Waals surface area (Å²) in [4.78, 5) is 58.6. The quantitative estimate of drug-likeness (QED) is 0.133. The minimum Gasteiger partial charge on any atom is -0.446 e. The number of likely N-dealkylation sites (N-methyl/N-ethyl adjacent to an activating group) is 1. The molecule has 0 spiro atoms. The molecule has 2 aliphatic rings. The molecule has 2 N–H and O–H groups in total. The summed E-state index contributed by atoms with van der Waals surface area (Å²) in [6, 6.07) is 23.7. The van der Waals surface area contributed by atoms with Crippen LogP contribution in [0, 0.1) is 0 Å². The molecule has 12 heteroatoms. The van der Waals surface area contributed by atoms with Crippen molar-refractivity contribution in [3.8, 4) is 11.1 Å². The van der Waals surface area contributed by atoms with Gasteiger partial charge >= 0.3 is 12.2 Å². The normalized spacial score (nSPS) is 14.8. The molecule has 0 bridgehead atoms. The van der Waals surface area contributed by atoms with E-state index < -0.39 is 11.7 Å². The summed E-state index contributed by atoms with van der Waals surface area (Å²) >= 11 is 0. The number of likely N-dealkylation sites (tertiary alicyclic amines) is 1. The SMILES string of the molecule is CN(CCN1CCC(OC(=O)Nc2ccccc2-c2ccccc2)CC1)C(=O)CCCCCNc1ccc2c(c1)CCN(CCCN(C)C(=O)OC(C)(C)C)C2=O. The van der Waals surface area contributed by atoms with E-state index in [0.29, 0.717) is 39.0 Å². The van der Waals surface area contributed by atoms with E-state index in [1.165, 1.54) is 0 Å². The maximum atomic E-state index is 13.2. The Kier molecular flexibility index (Phi) is 15.8. The average molecular weight is 783 g/mol. The van der Waals surface area contributed by atoms with Crippen LogP contribution in [0.15, 0.2) is 72.8 Å². The number of hydrogen-bond donors (Lipinski definition) is 2. The molecule has 0 radical (unpaired) electrons. The topological polar surface area (TPSA) is 124 Å². The van der Waals surface area contributed by atoms with E-state index in [2.05, 4.69) is 21.6 Å². The molecule has 0 saturated carbocycles. The van der Waals surface area contributed by atoms with Crippen LogP contribution in [0.2, 0.25) is 0 Å². The summed E-state index contributed by atoms with van der Waals surface area (Å²) < 4.78 is 11.2. The summed E-state index contributed by atoms with van der Waals surface area (Å²) in [7, 11) is 3.60. The average Bonchev–Trinajstić information content (AvgIpc) is 3.19. The van der Waals surface area contributed by atoms with Crippen molar-refractivity contribution in [1.29, 1.82) is 0 Å². The molecule has 0 unspecified atom stereocenters. The number of carbonyl (C=O) groups excluding carboxylic acids is 4. The molecular weight excluding hydrogens is 721 g/mol. The maximum Gasteiger partial charge on any atom is 0.411 e. The third kappa shape index (κ3) is 13.5. The zero-order valence-corrected chi connectivity index (χ0v) is 34.6. The van der Waals surface area contributed by atoms with Crippen LogP contribution in [0.1, 0.15) is 81.6 Å². The van der Waals surface area contributed by atoms with Crippen LogP contribution < -0.4 is 10.6 Å². The number of unbranched alkanes of at least 4 members (excludes halogenated alkanes) is 2. The van der Waals surface area contributed by atoms with Gasteiger partial charge in [-0.1, -0.05) is 55.0 Å². The molecular formula is C45H62N6O6. The summed E-state index contributed by atoms with van der Waals surface area (Å²) in [6.45, 7) is 11.2. The molecule has 2 aliphatic heterocycles. The second-order valence-electron chi connectivity index (χ2n) is 16.2. The monoisotopic (exact) mass is 782 g/mol. The van der Waals surface area contributed by atoms with Crippen molar-refractivity contribution in [2.75, 3.05) is 77.1 Å². The predicted octanol–water partition coefficient (Wildman–Crippen LogP) is 7.75. The Morgan fingerprint density at radius 3 is 2.30 bits per heavy atom. The fourth-order valence-corrected chi connectivity index (χ4v) is 7.21. The van der Waals surface area contributed by atoms with Crippen LogP contribution in [-0.2, 0) is 20.7 Å². The third-order valence-electron chi connectivity index (χ3n) is 10.5. The number of fused-ring (bicyclic) bond motifs is 1. The lowest BCUT2D eigenvalue weighted by Crippen LogP contribution is -2.42. The van der Waals surface area contributed by atoms with Gasteiger partial charge in [0.25, 0.3) is 5.91 Å². The summed E-state index contributed by atoms with van der Waals surface area (Å²) in [6.07, 6.45) is 5.36. The van der Waals surface area contributed by atoms with E-state index in [9.17, 15) is 19.2 Å². The first-order valence-corrected chi connectivity index (χ1v) is 20.5. The van der Waals surface area contributed by atoms with Gasteiger partial charge in [-0.05, 0) is 94.7 Å². The van der Waals surface area contributed by atoms with E-state index in [4.69, 9.17) is 9.47 Å². The van der Waals surface area contributed by atoms with Crippen molar-refractivity contribution in [2.45, 2.75) is 83.8 Å². The Bertz CT molecular complexity index is 1790. The van der Waals surface area contributed by atoms with Gasteiger partial charge in [0.05, 0.1) is 5.69 Å². The number of benzene rings is 3. The lowest BCUT2D eigenvalue weighted by Gasteiger charge is -2.32. The zero-order valence-electron chi connectivity index (χ0n) is 34.6. The van der Waals surface area contributed by atoms with Gasteiger partial charge in [-0.25, -0.2) is 9.59 Å². The van der Waals surface area contributed by atoms with Crippen molar-refractivity contribution in [3.63, 3.8) is 0 Å². The first-order chi connectivity index (χ1) is 27.4. The number of amides is 4. The van der Waals surface area contributed by atoms with E-state index in [1.807, 2.05) is 104 Å². The Balaban J connectivity index is 0.907. The van der Waals surface area contributed by atoms with E-state index in [0.717, 1.165) is 98.3 Å². The molecule has 3 aromatic carbocycles. The predicted molar refractivity (Wildman–Crippen MR) is 226 cm³/mol. The first-order valence-electron chi connectivity index (χ1n) is 20.5. The molecule has 0 atom stereocenters. The Labute approximate surface area is 338 Å². The molecule has 2 heterocycles. The number of para-hydroxylation sites is 1. The second kappa shape index (κ2) is 20.9. The van der Waals surface area contributed by atoms with Crippen LogP contribution >= 0.6 is 0 Å². The van der Waals surface area contributed by atoms with Crippen LogP contribution in [0.3, 0.4) is 0 Å². The summed E-state index contributed by atoms with van der Waals surface area (Å²) in [5.41, 5.74) is 4.99. The van der Waals surface area contributed by atoms with Crippen LogP contribution in [-0.4, -0.2) is 122 Å². The molecule has 0 aliphatic carbocycles. The Hall–Kier alpha value is -5.10. The van der Waals surface area contributed by atoms with Crippen molar-refractivity contribution < 1.29 is 28.7 Å². The number of anilines is 2. The minimum absolute atomic E-state index is 0.0373. The fraction of sp³-hybridized carbons (Fsp3) is 0.511. The summed E-state index contributed by atoms with van der Waals surface area (Å²) in [5.74, 6) is 0.201. The molecule has 57 heavy (non-hydrogen) atoms. The lowest BCUT2D eigenvalue weighted by atomic mass is 9.98. The molecule has 308 valence electrons. The third-order valence-corrected chi connectivity index (χ3v) is 10.5. The standard InChI is InChI=1S/C45H62N6O6/c1-45(2,3)57-44(55)49(5)26-14-27-51-30-22-35-33-36(20-21-39(35)42(51)53)46-25-13-7-10-19-41(52)48(4)31-32-50-28-23-37(24-29-50)56-43(54)47-40-18-12-11-17-38(40)34-15-8-6-9-16-34/h6,8-9,11-12,15-18,20-21,33,37,46H,7,10,13-14,19,22-32H2,1-5H3,(H,47,54). The Morgan fingerprint density at radius 2 is 1.54 bits per heavy atom. The van der Waals surface area contributed by atoms with Gasteiger partial charge in [0.15, 0.2) is 0 Å². The highest BCUT2D eigenvalue weighted by atomic mass is 16.6. The van der Waals surface area contributed by atoms with Gasteiger partial charge in [0.1, 0.15) is 11.7 Å². The number of hydrogen-bond acceptors (Lipinski definition) is 8. The van der Waals surface area contributed by atoms with Crippen molar-refractivity contribution in [1.82, 2.24) is 19.6 Å². The van der Waals surface area contributed by atoms with Gasteiger partial charge in [0, 0.05) is 89.7 Å². The maximum absolute atomic E-state index is 13.2. The number of rotatable bonds is 17. The number of piperidine rings is 1. The van der Waals surface area contributed by atoms with Crippen LogP contribution in [0.4, 0.5) is 21.0 Å². The van der Waals surface area contributed by atoms with E-state index in [-0.39, 0.29) is 24.0 Å². The largest absolute Gasteiger partial charge is 0.446 e. The zero-order chi connectivity index (χ0) is 40.8. The highest BCUT2D eigenvalue weighted by Crippen LogP contribution is 2.28. The molecule has 5 rings (SSSR count). The van der Waals surface area contributed by atoms with Gasteiger partial charge in [-0.3, -0.25) is 14.9 Å². The molecule has 12 nitrogen and oxygen atoms in total. The van der Waals surface area contributed by atoms with Gasteiger partial charge in [-0.2, -0.15) is 0 Å². The van der Waals surface area contributed by atoms with Crippen molar-refractivity contribution in [3.05, 3.63) is 83.9 Å². The summed E-state index contributed by atoms with van der Waals surface area (Å²) in [5, 5.41) is 6.42. The lowest BCUT2D eigenvalue weighted by molar-refractivity contribution is -0.130. The van der Waals surface area contributed by atoms with Crippen LogP contribution in [0.25, 0.3) is 11.1 Å². The fourth-order valence-electron chi connectivity index (χ4n) is 7.21. The van der Waals surface area contributed by atoms with Gasteiger partial charge in [-0.15, -0.1) is 0 Å². The smallest absolute Gasteiger partial charge is 0.411 e. The molecule has 0 aromatic heterocycles. The Morgan fingerprint density at radius 1 is 0.807 bits per heavy atom. The minimum atomic E-state index is -0.537. The number of nitrogens with one attached hydrogen (secondary N) is 2. The van der Waals surface area contributed by atoms with Crippen molar-refractivity contribution in [2.24, 2.45) is 0 Å². The molecule has 1 saturated heterocycles. The number of carbonyl (C=O) groups is 4. The highest BCUT2D eigenvalue weighted by molar-refractivity contribution is 5.97. The molecule has 3 aromatic rings. The molecule has 1 fully saturated rings. The molecule has 4 amide bonds. The number of nitrogens with zero attached hydrogens (tertiary/aromatic N) is 4. The van der Waals surface area contributed by atoms with E-state index in [1.54, 1.807) is 11.9 Å². The first kappa shape index (κ1) is 43.0. The number of ether oxygens (including phenoxy) is 2. The van der Waals surface area contributed by atoms with Crippen molar-refractivity contribution >= 4 is 35.4 Å². The van der Waals surface area contributed by atoms with Gasteiger partial charge < -0.3 is 34.4 Å². The van der Waals surface area contributed by atoms with Crippen LogP contribution in [0.5, 0.6) is 0 Å². The second-order valence-corrected chi connectivity index (χ2v) is 16.2. The van der Waals surface area contributed by atoms with Gasteiger partial charge in [0.2, 0.25) is 5.91 Å².